The molecule has 0 aromatic heterocycles. The van der Waals surface area contributed by atoms with Crippen molar-refractivity contribution >= 4 is 17.7 Å². The molecule has 1 saturated heterocycles. The molecule has 3 aliphatic rings. The quantitative estimate of drug-likeness (QED) is 0.848. The van der Waals surface area contributed by atoms with E-state index in [2.05, 4.69) is 10.2 Å². The van der Waals surface area contributed by atoms with E-state index in [0.717, 1.165) is 24.1 Å². The summed E-state index contributed by atoms with van der Waals surface area (Å²) in [6, 6.07) is 0.672. The lowest BCUT2D eigenvalue weighted by atomic mass is 9.89. The largest absolute Gasteiger partial charge is 0.338 e. The minimum atomic E-state index is 0.0965. The summed E-state index contributed by atoms with van der Waals surface area (Å²) in [6.45, 7) is 1.03. The number of amides is 1. The van der Waals surface area contributed by atoms with Gasteiger partial charge in [0.15, 0.2) is 0 Å². The first-order valence-electron chi connectivity index (χ1n) is 7.46. The highest BCUT2D eigenvalue weighted by atomic mass is 32.2. The van der Waals surface area contributed by atoms with Crippen molar-refractivity contribution in [2.45, 2.75) is 57.0 Å². The SMILES string of the molecule is O=C(C1CSCN1)N(CC1CCCCC1)C1CC1. The van der Waals surface area contributed by atoms with Crippen LogP contribution >= 0.6 is 11.8 Å². The summed E-state index contributed by atoms with van der Waals surface area (Å²) in [4.78, 5) is 14.8. The molecule has 1 unspecified atom stereocenters. The van der Waals surface area contributed by atoms with E-state index in [0.29, 0.717) is 11.9 Å². The summed E-state index contributed by atoms with van der Waals surface area (Å²) in [6.07, 6.45) is 9.28. The molecule has 0 spiro atoms. The number of hydrogen-bond donors (Lipinski definition) is 1. The Labute approximate surface area is 114 Å². The van der Waals surface area contributed by atoms with Crippen molar-refractivity contribution in [2.75, 3.05) is 18.2 Å². The Morgan fingerprint density at radius 1 is 1.17 bits per heavy atom. The van der Waals surface area contributed by atoms with Crippen molar-refractivity contribution in [2.24, 2.45) is 5.92 Å². The second-order valence-electron chi connectivity index (χ2n) is 6.00. The van der Waals surface area contributed by atoms with E-state index in [1.807, 2.05) is 11.8 Å². The fourth-order valence-electron chi connectivity index (χ4n) is 3.21. The first-order valence-corrected chi connectivity index (χ1v) is 8.61. The van der Waals surface area contributed by atoms with Gasteiger partial charge in [0, 0.05) is 24.2 Å². The van der Waals surface area contributed by atoms with Crippen LogP contribution in [-0.2, 0) is 4.79 Å². The predicted octanol–water partition coefficient (Wildman–Crippen LogP) is 2.22. The normalized spacial score (nSPS) is 29.4. The van der Waals surface area contributed by atoms with Gasteiger partial charge in [0.1, 0.15) is 0 Å². The van der Waals surface area contributed by atoms with E-state index >= 15 is 0 Å². The van der Waals surface area contributed by atoms with Gasteiger partial charge in [0.2, 0.25) is 5.91 Å². The lowest BCUT2D eigenvalue weighted by Gasteiger charge is -2.31. The summed E-state index contributed by atoms with van der Waals surface area (Å²) < 4.78 is 0. The van der Waals surface area contributed by atoms with Gasteiger partial charge in [-0.3, -0.25) is 10.1 Å². The number of carbonyl (C=O) groups is 1. The smallest absolute Gasteiger partial charge is 0.240 e. The zero-order valence-electron chi connectivity index (χ0n) is 11.1. The van der Waals surface area contributed by atoms with Crippen molar-refractivity contribution < 1.29 is 4.79 Å². The van der Waals surface area contributed by atoms with Gasteiger partial charge in [-0.1, -0.05) is 19.3 Å². The molecule has 1 aliphatic heterocycles. The summed E-state index contributed by atoms with van der Waals surface area (Å²) in [7, 11) is 0. The van der Waals surface area contributed by atoms with Gasteiger partial charge in [-0.25, -0.2) is 0 Å². The average Bonchev–Trinajstić information content (AvgIpc) is 3.10. The monoisotopic (exact) mass is 268 g/mol. The van der Waals surface area contributed by atoms with E-state index in [9.17, 15) is 4.79 Å². The Bertz CT molecular complexity index is 294. The van der Waals surface area contributed by atoms with Gasteiger partial charge in [-0.15, -0.1) is 11.8 Å². The Balaban J connectivity index is 1.58. The summed E-state index contributed by atoms with van der Waals surface area (Å²) >= 11 is 1.85. The molecule has 3 rings (SSSR count). The molecular weight excluding hydrogens is 244 g/mol. The Morgan fingerprint density at radius 3 is 2.56 bits per heavy atom. The molecule has 0 radical (unpaired) electrons. The van der Waals surface area contributed by atoms with Crippen LogP contribution in [0.4, 0.5) is 0 Å². The second-order valence-corrected chi connectivity index (χ2v) is 7.03. The molecule has 1 amide bonds. The van der Waals surface area contributed by atoms with Crippen molar-refractivity contribution in [3.8, 4) is 0 Å². The molecule has 0 aromatic rings. The number of thioether (sulfide) groups is 1. The number of rotatable bonds is 4. The molecule has 1 atom stereocenters. The van der Waals surface area contributed by atoms with Gasteiger partial charge >= 0.3 is 0 Å². The summed E-state index contributed by atoms with van der Waals surface area (Å²) in [5.74, 6) is 3.07. The third kappa shape index (κ3) is 3.02. The molecule has 0 aromatic carbocycles. The van der Waals surface area contributed by atoms with Gasteiger partial charge in [0.05, 0.1) is 6.04 Å². The average molecular weight is 268 g/mol. The molecule has 3 nitrogen and oxygen atoms in total. The lowest BCUT2D eigenvalue weighted by Crippen LogP contribution is -2.47. The first kappa shape index (κ1) is 12.8. The molecular formula is C14H24N2OS. The molecule has 2 saturated carbocycles. The summed E-state index contributed by atoms with van der Waals surface area (Å²) in [5, 5.41) is 3.33. The fraction of sp³-hybridized carbons (Fsp3) is 0.929. The van der Waals surface area contributed by atoms with E-state index in [-0.39, 0.29) is 6.04 Å². The van der Waals surface area contributed by atoms with E-state index in [1.54, 1.807) is 0 Å². The van der Waals surface area contributed by atoms with Crippen LogP contribution in [0, 0.1) is 5.92 Å². The lowest BCUT2D eigenvalue weighted by molar-refractivity contribution is -0.134. The van der Waals surface area contributed by atoms with E-state index in [1.165, 1.54) is 44.9 Å². The van der Waals surface area contributed by atoms with Gasteiger partial charge in [-0.05, 0) is 31.6 Å². The van der Waals surface area contributed by atoms with E-state index < -0.39 is 0 Å². The van der Waals surface area contributed by atoms with Crippen LogP contribution in [0.15, 0.2) is 0 Å². The molecule has 18 heavy (non-hydrogen) atoms. The van der Waals surface area contributed by atoms with Crippen molar-refractivity contribution in [1.82, 2.24) is 10.2 Å². The first-order chi connectivity index (χ1) is 8.84. The third-order valence-corrected chi connectivity index (χ3v) is 5.40. The zero-order chi connectivity index (χ0) is 12.4. The maximum atomic E-state index is 12.6. The molecule has 4 heteroatoms. The standard InChI is InChI=1S/C14H24N2OS/c17-14(13-9-18-10-15-13)16(12-6-7-12)8-11-4-2-1-3-5-11/h11-13,15H,1-10H2. The van der Waals surface area contributed by atoms with Crippen molar-refractivity contribution in [3.05, 3.63) is 0 Å². The maximum Gasteiger partial charge on any atom is 0.240 e. The Kier molecular flexibility index (Phi) is 4.14. The predicted molar refractivity (Wildman–Crippen MR) is 75.6 cm³/mol. The van der Waals surface area contributed by atoms with Crippen LogP contribution in [0.25, 0.3) is 0 Å². The topological polar surface area (TPSA) is 32.3 Å². The number of carbonyl (C=O) groups excluding carboxylic acids is 1. The van der Waals surface area contributed by atoms with Crippen molar-refractivity contribution in [1.29, 1.82) is 0 Å². The molecule has 0 bridgehead atoms. The summed E-state index contributed by atoms with van der Waals surface area (Å²) in [5.41, 5.74) is 0. The fourth-order valence-corrected chi connectivity index (χ4v) is 4.14. The van der Waals surface area contributed by atoms with E-state index in [4.69, 9.17) is 0 Å². The molecule has 3 fully saturated rings. The highest BCUT2D eigenvalue weighted by Crippen LogP contribution is 2.32. The van der Waals surface area contributed by atoms with Crippen LogP contribution in [0.1, 0.15) is 44.9 Å². The second kappa shape index (κ2) is 5.83. The number of nitrogens with one attached hydrogen (secondary N) is 1. The Morgan fingerprint density at radius 2 is 1.94 bits per heavy atom. The van der Waals surface area contributed by atoms with Crippen molar-refractivity contribution in [3.63, 3.8) is 0 Å². The number of hydrogen-bond acceptors (Lipinski definition) is 3. The molecule has 1 N–H and O–H groups in total. The van der Waals surface area contributed by atoms with Gasteiger partial charge < -0.3 is 4.90 Å². The highest BCUT2D eigenvalue weighted by Gasteiger charge is 2.37. The van der Waals surface area contributed by atoms with Gasteiger partial charge in [0.25, 0.3) is 0 Å². The van der Waals surface area contributed by atoms with Crippen LogP contribution < -0.4 is 5.32 Å². The minimum absolute atomic E-state index is 0.0965. The Hall–Kier alpha value is -0.220. The zero-order valence-corrected chi connectivity index (χ0v) is 11.9. The third-order valence-electron chi connectivity index (χ3n) is 4.46. The van der Waals surface area contributed by atoms with Crippen LogP contribution in [0.5, 0.6) is 0 Å². The number of nitrogens with zero attached hydrogens (tertiary/aromatic N) is 1. The van der Waals surface area contributed by atoms with Crippen LogP contribution in [0.2, 0.25) is 0 Å². The molecule has 102 valence electrons. The highest BCUT2D eigenvalue weighted by molar-refractivity contribution is 7.99. The molecule has 1 heterocycles. The molecule has 2 aliphatic carbocycles. The van der Waals surface area contributed by atoms with Crippen LogP contribution in [-0.4, -0.2) is 41.1 Å². The minimum Gasteiger partial charge on any atom is -0.338 e. The maximum absolute atomic E-state index is 12.6. The van der Waals surface area contributed by atoms with Crippen LogP contribution in [0.3, 0.4) is 0 Å². The van der Waals surface area contributed by atoms with Gasteiger partial charge in [-0.2, -0.15) is 0 Å².